The average Bonchev–Trinajstić information content (AvgIpc) is 3.14. The van der Waals surface area contributed by atoms with E-state index < -0.39 is 0 Å². The minimum atomic E-state index is 0.498. The van der Waals surface area contributed by atoms with Crippen molar-refractivity contribution in [2.24, 2.45) is 5.92 Å². The van der Waals surface area contributed by atoms with Crippen LogP contribution in [0.15, 0.2) is 18.2 Å². The number of nitrogens with one attached hydrogen (secondary N) is 1. The van der Waals surface area contributed by atoms with Crippen LogP contribution in [-0.2, 0) is 0 Å². The summed E-state index contributed by atoms with van der Waals surface area (Å²) in [6, 6.07) is 8.04. The largest absolute Gasteiger partial charge is 0.397 e. The van der Waals surface area contributed by atoms with Crippen LogP contribution in [0.25, 0.3) is 0 Å². The fraction of sp³-hybridized carbons (Fsp3) is 0.500. The summed E-state index contributed by atoms with van der Waals surface area (Å²) >= 11 is 0. The Morgan fingerprint density at radius 2 is 2.29 bits per heavy atom. The van der Waals surface area contributed by atoms with Gasteiger partial charge >= 0.3 is 0 Å². The van der Waals surface area contributed by atoms with Gasteiger partial charge in [0.25, 0.3) is 0 Å². The van der Waals surface area contributed by atoms with E-state index in [1.165, 1.54) is 19.3 Å². The van der Waals surface area contributed by atoms with Crippen molar-refractivity contribution in [3.63, 3.8) is 0 Å². The maximum Gasteiger partial charge on any atom is 0.0992 e. The van der Waals surface area contributed by atoms with Crippen molar-refractivity contribution in [3.8, 4) is 6.07 Å². The zero-order chi connectivity index (χ0) is 12.3. The van der Waals surface area contributed by atoms with Crippen molar-refractivity contribution in [2.75, 3.05) is 11.1 Å². The van der Waals surface area contributed by atoms with Gasteiger partial charge in [-0.15, -0.1) is 0 Å². The van der Waals surface area contributed by atoms with Crippen LogP contribution in [0.2, 0.25) is 0 Å². The third-order valence-electron chi connectivity index (χ3n) is 3.35. The highest BCUT2D eigenvalue weighted by atomic mass is 14.9. The van der Waals surface area contributed by atoms with Crippen molar-refractivity contribution in [3.05, 3.63) is 23.8 Å². The summed E-state index contributed by atoms with van der Waals surface area (Å²) < 4.78 is 0. The van der Waals surface area contributed by atoms with Gasteiger partial charge < -0.3 is 11.1 Å². The first-order valence-electron chi connectivity index (χ1n) is 6.29. The van der Waals surface area contributed by atoms with Gasteiger partial charge in [-0.2, -0.15) is 5.26 Å². The maximum atomic E-state index is 8.78. The topological polar surface area (TPSA) is 61.8 Å². The Kier molecular flexibility index (Phi) is 3.53. The number of nitrogens with two attached hydrogens (primary N) is 1. The fourth-order valence-corrected chi connectivity index (χ4v) is 2.07. The second-order valence-electron chi connectivity index (χ2n) is 4.84. The third kappa shape index (κ3) is 3.13. The van der Waals surface area contributed by atoms with E-state index in [9.17, 15) is 0 Å². The predicted octanol–water partition coefficient (Wildman–Crippen LogP) is 3.13. The number of rotatable bonds is 5. The molecule has 1 aliphatic carbocycles. The number of hydrogen-bond donors (Lipinski definition) is 2. The van der Waals surface area contributed by atoms with E-state index in [2.05, 4.69) is 18.3 Å². The molecular formula is C14H19N3. The Labute approximate surface area is 103 Å². The van der Waals surface area contributed by atoms with Gasteiger partial charge in [0.2, 0.25) is 0 Å². The van der Waals surface area contributed by atoms with Gasteiger partial charge in [-0.25, -0.2) is 0 Å². The van der Waals surface area contributed by atoms with Crippen LogP contribution in [0.5, 0.6) is 0 Å². The molecule has 1 aliphatic rings. The summed E-state index contributed by atoms with van der Waals surface area (Å²) in [7, 11) is 0. The van der Waals surface area contributed by atoms with Crippen molar-refractivity contribution in [1.82, 2.24) is 0 Å². The summed E-state index contributed by atoms with van der Waals surface area (Å²) in [5.74, 6) is 0.909. The number of anilines is 2. The number of nitrogen functional groups attached to an aromatic ring is 1. The Morgan fingerprint density at radius 1 is 1.53 bits per heavy atom. The second kappa shape index (κ2) is 5.09. The van der Waals surface area contributed by atoms with Gasteiger partial charge in [-0.3, -0.25) is 0 Å². The quantitative estimate of drug-likeness (QED) is 0.762. The van der Waals surface area contributed by atoms with Crippen LogP contribution in [0, 0.1) is 17.2 Å². The zero-order valence-electron chi connectivity index (χ0n) is 10.2. The molecule has 0 radical (unpaired) electrons. The first-order valence-corrected chi connectivity index (χ1v) is 6.29. The van der Waals surface area contributed by atoms with E-state index in [0.717, 1.165) is 18.0 Å². The van der Waals surface area contributed by atoms with E-state index >= 15 is 0 Å². The number of nitriles is 1. The van der Waals surface area contributed by atoms with E-state index in [-0.39, 0.29) is 0 Å². The lowest BCUT2D eigenvalue weighted by Gasteiger charge is -2.19. The normalized spacial score (nSPS) is 16.2. The van der Waals surface area contributed by atoms with E-state index in [0.29, 0.717) is 17.3 Å². The molecule has 90 valence electrons. The molecule has 1 atom stereocenters. The average molecular weight is 229 g/mol. The standard InChI is InChI=1S/C14H19N3/c1-2-12(7-10-3-4-10)17-14-6-5-11(9-15)8-13(14)16/h5-6,8,10,12,17H,2-4,7,16H2,1H3. The molecule has 0 amide bonds. The molecule has 3 heteroatoms. The molecule has 0 heterocycles. The number of hydrogen-bond acceptors (Lipinski definition) is 3. The zero-order valence-corrected chi connectivity index (χ0v) is 10.2. The monoisotopic (exact) mass is 229 g/mol. The minimum Gasteiger partial charge on any atom is -0.397 e. The van der Waals surface area contributed by atoms with Gasteiger partial charge in [0.05, 0.1) is 23.0 Å². The molecule has 0 aliphatic heterocycles. The van der Waals surface area contributed by atoms with Gasteiger partial charge in [0.15, 0.2) is 0 Å². The Balaban J connectivity index is 2.03. The molecule has 1 fully saturated rings. The molecule has 0 saturated heterocycles. The minimum absolute atomic E-state index is 0.498. The van der Waals surface area contributed by atoms with Gasteiger partial charge in [-0.05, 0) is 37.0 Å². The molecule has 17 heavy (non-hydrogen) atoms. The summed E-state index contributed by atoms with van der Waals surface area (Å²) in [5, 5.41) is 12.3. The summed E-state index contributed by atoms with van der Waals surface area (Å²) in [5.41, 5.74) is 8.17. The first kappa shape index (κ1) is 11.8. The molecule has 3 nitrogen and oxygen atoms in total. The molecule has 1 saturated carbocycles. The van der Waals surface area contributed by atoms with E-state index in [4.69, 9.17) is 11.0 Å². The van der Waals surface area contributed by atoms with Crippen LogP contribution in [0.1, 0.15) is 38.2 Å². The smallest absolute Gasteiger partial charge is 0.0992 e. The fourth-order valence-electron chi connectivity index (χ4n) is 2.07. The lowest BCUT2D eigenvalue weighted by Crippen LogP contribution is -2.19. The van der Waals surface area contributed by atoms with Crippen molar-refractivity contribution in [2.45, 2.75) is 38.6 Å². The summed E-state index contributed by atoms with van der Waals surface area (Å²) in [6.07, 6.45) is 5.09. The van der Waals surface area contributed by atoms with Crippen molar-refractivity contribution >= 4 is 11.4 Å². The lowest BCUT2D eigenvalue weighted by atomic mass is 10.1. The maximum absolute atomic E-state index is 8.78. The van der Waals surface area contributed by atoms with Crippen LogP contribution >= 0.6 is 0 Å². The lowest BCUT2D eigenvalue weighted by molar-refractivity contribution is 0.587. The molecule has 2 rings (SSSR count). The summed E-state index contributed by atoms with van der Waals surface area (Å²) in [6.45, 7) is 2.19. The molecule has 0 spiro atoms. The van der Waals surface area contributed by atoms with Crippen molar-refractivity contribution in [1.29, 1.82) is 5.26 Å². The number of benzene rings is 1. The van der Waals surface area contributed by atoms with Crippen molar-refractivity contribution < 1.29 is 0 Å². The second-order valence-corrected chi connectivity index (χ2v) is 4.84. The molecule has 0 bridgehead atoms. The highest BCUT2D eigenvalue weighted by molar-refractivity contribution is 5.68. The third-order valence-corrected chi connectivity index (χ3v) is 3.35. The number of nitrogens with zero attached hydrogens (tertiary/aromatic N) is 1. The molecule has 1 aromatic carbocycles. The Bertz CT molecular complexity index is 430. The molecule has 1 unspecified atom stereocenters. The SMILES string of the molecule is CCC(CC1CC1)Nc1ccc(C#N)cc1N. The van der Waals surface area contributed by atoms with Crippen LogP contribution in [0.3, 0.4) is 0 Å². The molecule has 0 aromatic heterocycles. The Morgan fingerprint density at radius 3 is 2.82 bits per heavy atom. The molecular weight excluding hydrogens is 210 g/mol. The highest BCUT2D eigenvalue weighted by Crippen LogP contribution is 2.35. The van der Waals surface area contributed by atoms with Crippen LogP contribution < -0.4 is 11.1 Å². The molecule has 3 N–H and O–H groups in total. The van der Waals surface area contributed by atoms with Crippen LogP contribution in [-0.4, -0.2) is 6.04 Å². The van der Waals surface area contributed by atoms with E-state index in [1.807, 2.05) is 12.1 Å². The van der Waals surface area contributed by atoms with E-state index in [1.54, 1.807) is 6.07 Å². The van der Waals surface area contributed by atoms with Gasteiger partial charge in [0, 0.05) is 6.04 Å². The first-order chi connectivity index (χ1) is 8.22. The highest BCUT2D eigenvalue weighted by Gasteiger charge is 2.24. The predicted molar refractivity (Wildman–Crippen MR) is 70.6 cm³/mol. The molecule has 1 aromatic rings. The van der Waals surface area contributed by atoms with Gasteiger partial charge in [-0.1, -0.05) is 19.8 Å². The van der Waals surface area contributed by atoms with Crippen LogP contribution in [0.4, 0.5) is 11.4 Å². The Hall–Kier alpha value is -1.69. The summed E-state index contributed by atoms with van der Waals surface area (Å²) in [4.78, 5) is 0. The van der Waals surface area contributed by atoms with Gasteiger partial charge in [0.1, 0.15) is 0 Å².